The second kappa shape index (κ2) is 11.0. The van der Waals surface area contributed by atoms with Crippen molar-refractivity contribution in [3.05, 3.63) is 100 Å². The van der Waals surface area contributed by atoms with E-state index in [-0.39, 0.29) is 12.2 Å². The van der Waals surface area contributed by atoms with Crippen LogP contribution in [0.2, 0.25) is 0 Å². The topological polar surface area (TPSA) is 56.2 Å². The highest BCUT2D eigenvalue weighted by Crippen LogP contribution is 2.44. The Morgan fingerprint density at radius 1 is 1.00 bits per heavy atom. The van der Waals surface area contributed by atoms with E-state index in [2.05, 4.69) is 15.0 Å². The lowest BCUT2D eigenvalue weighted by Crippen LogP contribution is -2.42. The van der Waals surface area contributed by atoms with Gasteiger partial charge in [0.05, 0.1) is 18.8 Å². The third-order valence-electron chi connectivity index (χ3n) is 6.98. The summed E-state index contributed by atoms with van der Waals surface area (Å²) < 4.78 is 52.0. The maximum Gasteiger partial charge on any atom is 0.213 e. The summed E-state index contributed by atoms with van der Waals surface area (Å²) in [5.41, 5.74) is 4.17. The van der Waals surface area contributed by atoms with Crippen molar-refractivity contribution in [1.82, 2.24) is 9.88 Å². The summed E-state index contributed by atoms with van der Waals surface area (Å²) in [6, 6.07) is 12.9. The van der Waals surface area contributed by atoms with Crippen LogP contribution in [0.3, 0.4) is 0 Å². The summed E-state index contributed by atoms with van der Waals surface area (Å²) in [5, 5.41) is 4.18. The summed E-state index contributed by atoms with van der Waals surface area (Å²) >= 11 is 0. The van der Waals surface area contributed by atoms with Crippen molar-refractivity contribution in [3.63, 3.8) is 0 Å². The highest BCUT2D eigenvalue weighted by molar-refractivity contribution is 6.12. The van der Waals surface area contributed by atoms with Crippen molar-refractivity contribution in [3.8, 4) is 0 Å². The van der Waals surface area contributed by atoms with E-state index in [1.54, 1.807) is 13.3 Å². The Labute approximate surface area is 213 Å². The van der Waals surface area contributed by atoms with Crippen molar-refractivity contribution >= 4 is 5.71 Å². The predicted octanol–water partition coefficient (Wildman–Crippen LogP) is 4.94. The van der Waals surface area contributed by atoms with Gasteiger partial charge in [0, 0.05) is 49.6 Å². The van der Waals surface area contributed by atoms with Gasteiger partial charge in [0.15, 0.2) is 11.6 Å². The predicted molar refractivity (Wildman–Crippen MR) is 131 cm³/mol. The van der Waals surface area contributed by atoms with E-state index in [0.717, 1.165) is 66.9 Å². The monoisotopic (exact) mass is 511 g/mol. The standard InChI is InChI=1S/C28H28F3N3O3/c1-35-12-13-37-33-27(21-6-7-24(29)25(30)14-21)20-4-2-19(3-5-20)17-34-10-8-28(9-11-34)23-16-32-26(31)15-22(23)18-36-28/h2-7,14-16H,8-13,17-18H2,1H3/b33-27-. The van der Waals surface area contributed by atoms with Gasteiger partial charge in [0.2, 0.25) is 5.95 Å². The molecule has 0 radical (unpaired) electrons. The zero-order valence-corrected chi connectivity index (χ0v) is 20.6. The molecule has 0 bridgehead atoms. The average Bonchev–Trinajstić information content (AvgIpc) is 3.25. The maximum absolute atomic E-state index is 13.9. The first-order valence-corrected chi connectivity index (χ1v) is 12.2. The van der Waals surface area contributed by atoms with Gasteiger partial charge in [-0.1, -0.05) is 29.4 Å². The van der Waals surface area contributed by atoms with Crippen LogP contribution in [0, 0.1) is 17.6 Å². The van der Waals surface area contributed by atoms with Crippen LogP contribution in [0.4, 0.5) is 13.2 Å². The number of nitrogens with zero attached hydrogens (tertiary/aromatic N) is 3. The number of likely N-dealkylation sites (tertiary alicyclic amines) is 1. The minimum Gasteiger partial charge on any atom is -0.393 e. The van der Waals surface area contributed by atoms with E-state index in [1.165, 1.54) is 12.1 Å². The van der Waals surface area contributed by atoms with Gasteiger partial charge in [0.1, 0.15) is 12.3 Å². The Balaban J connectivity index is 1.26. The Bertz CT molecular complexity index is 1280. The van der Waals surface area contributed by atoms with E-state index >= 15 is 0 Å². The molecular formula is C28H28F3N3O3. The molecule has 1 spiro atoms. The van der Waals surface area contributed by atoms with Crippen LogP contribution in [0.5, 0.6) is 0 Å². The van der Waals surface area contributed by atoms with Gasteiger partial charge < -0.3 is 14.3 Å². The van der Waals surface area contributed by atoms with Gasteiger partial charge >= 0.3 is 0 Å². The van der Waals surface area contributed by atoms with Gasteiger partial charge in [-0.2, -0.15) is 4.39 Å². The van der Waals surface area contributed by atoms with Gasteiger partial charge in [0.25, 0.3) is 0 Å². The second-order valence-corrected chi connectivity index (χ2v) is 9.32. The Hall–Kier alpha value is -3.27. The third kappa shape index (κ3) is 5.53. The van der Waals surface area contributed by atoms with Crippen molar-refractivity contribution in [2.24, 2.45) is 5.16 Å². The number of aromatic nitrogens is 1. The summed E-state index contributed by atoms with van der Waals surface area (Å²) in [7, 11) is 1.56. The molecule has 6 nitrogen and oxygen atoms in total. The molecular weight excluding hydrogens is 483 g/mol. The first-order chi connectivity index (χ1) is 18.0. The number of pyridine rings is 1. The average molecular weight is 512 g/mol. The lowest BCUT2D eigenvalue weighted by molar-refractivity contribution is -0.0800. The fraction of sp³-hybridized carbons (Fsp3) is 0.357. The number of benzene rings is 2. The lowest BCUT2D eigenvalue weighted by Gasteiger charge is -2.39. The first kappa shape index (κ1) is 25.4. The summed E-state index contributed by atoms with van der Waals surface area (Å²) in [6.45, 7) is 3.45. The Morgan fingerprint density at radius 2 is 1.76 bits per heavy atom. The number of fused-ring (bicyclic) bond motifs is 2. The van der Waals surface area contributed by atoms with Crippen LogP contribution in [-0.4, -0.2) is 49.0 Å². The van der Waals surface area contributed by atoms with Crippen LogP contribution in [0.1, 0.15) is 40.7 Å². The molecule has 194 valence electrons. The lowest BCUT2D eigenvalue weighted by atomic mass is 9.84. The molecule has 0 N–H and O–H groups in total. The number of methoxy groups -OCH3 is 1. The van der Waals surface area contributed by atoms with Crippen molar-refractivity contribution in [2.75, 3.05) is 33.4 Å². The van der Waals surface area contributed by atoms with Gasteiger partial charge in [-0.05, 0) is 48.2 Å². The van der Waals surface area contributed by atoms with E-state index < -0.39 is 17.6 Å². The number of ether oxygens (including phenoxy) is 2. The number of oxime groups is 1. The summed E-state index contributed by atoms with van der Waals surface area (Å²) in [6.07, 6.45) is 3.26. The van der Waals surface area contributed by atoms with Crippen molar-refractivity contribution < 1.29 is 27.5 Å². The molecule has 1 aromatic heterocycles. The van der Waals surface area contributed by atoms with Crippen molar-refractivity contribution in [1.29, 1.82) is 0 Å². The fourth-order valence-corrected chi connectivity index (χ4v) is 4.95. The summed E-state index contributed by atoms with van der Waals surface area (Å²) in [5.74, 6) is -2.34. The quantitative estimate of drug-likeness (QED) is 0.186. The molecule has 3 heterocycles. The van der Waals surface area contributed by atoms with E-state index in [4.69, 9.17) is 14.3 Å². The van der Waals surface area contributed by atoms with E-state index in [1.807, 2.05) is 24.3 Å². The zero-order valence-electron chi connectivity index (χ0n) is 20.6. The molecule has 0 unspecified atom stereocenters. The molecule has 9 heteroatoms. The summed E-state index contributed by atoms with van der Waals surface area (Å²) in [4.78, 5) is 11.5. The molecule has 0 atom stereocenters. The molecule has 3 aromatic rings. The normalized spacial score (nSPS) is 17.2. The molecule has 37 heavy (non-hydrogen) atoms. The molecule has 1 fully saturated rings. The minimum absolute atomic E-state index is 0.234. The number of hydrogen-bond acceptors (Lipinski definition) is 6. The van der Waals surface area contributed by atoms with Gasteiger partial charge in [-0.25, -0.2) is 13.8 Å². The minimum atomic E-state index is -0.948. The number of halogens is 3. The van der Waals surface area contributed by atoms with Crippen LogP contribution in [-0.2, 0) is 33.1 Å². The maximum atomic E-state index is 13.9. The van der Waals surface area contributed by atoms with Crippen molar-refractivity contribution in [2.45, 2.75) is 31.6 Å². The fourth-order valence-electron chi connectivity index (χ4n) is 4.95. The van der Waals surface area contributed by atoms with E-state index in [0.29, 0.717) is 24.5 Å². The smallest absolute Gasteiger partial charge is 0.213 e. The number of rotatable bonds is 8. The highest BCUT2D eigenvalue weighted by Gasteiger charge is 2.43. The first-order valence-electron chi connectivity index (χ1n) is 12.2. The molecule has 0 amide bonds. The van der Waals surface area contributed by atoms with Crippen LogP contribution >= 0.6 is 0 Å². The zero-order chi connectivity index (χ0) is 25.8. The molecule has 1 saturated heterocycles. The van der Waals surface area contributed by atoms with Gasteiger partial charge in [-0.15, -0.1) is 0 Å². The Morgan fingerprint density at radius 3 is 2.49 bits per heavy atom. The largest absolute Gasteiger partial charge is 0.393 e. The number of piperidine rings is 1. The molecule has 2 aliphatic rings. The second-order valence-electron chi connectivity index (χ2n) is 9.32. The SMILES string of the molecule is COCCO/N=C(/c1ccc(CN2CCC3(CC2)OCc2cc(F)ncc23)cc1)c1ccc(F)c(F)c1. The molecule has 5 rings (SSSR count). The van der Waals surface area contributed by atoms with Crippen LogP contribution in [0.15, 0.2) is 59.9 Å². The van der Waals surface area contributed by atoms with Gasteiger partial charge in [-0.3, -0.25) is 4.90 Å². The molecule has 0 saturated carbocycles. The van der Waals surface area contributed by atoms with E-state index in [9.17, 15) is 13.2 Å². The molecule has 2 aliphatic heterocycles. The third-order valence-corrected chi connectivity index (χ3v) is 6.98. The number of hydrogen-bond donors (Lipinski definition) is 0. The van der Waals surface area contributed by atoms with Crippen LogP contribution < -0.4 is 0 Å². The van der Waals surface area contributed by atoms with Crippen LogP contribution in [0.25, 0.3) is 0 Å². The Kier molecular flexibility index (Phi) is 7.55. The highest BCUT2D eigenvalue weighted by atomic mass is 19.2. The molecule has 0 aliphatic carbocycles. The molecule has 2 aromatic carbocycles.